The van der Waals surface area contributed by atoms with Gasteiger partial charge in [-0.3, -0.25) is 4.79 Å². The molecule has 0 aliphatic carbocycles. The van der Waals surface area contributed by atoms with Crippen LogP contribution in [-0.2, 0) is 16.1 Å². The van der Waals surface area contributed by atoms with Crippen molar-refractivity contribution in [2.24, 2.45) is 5.41 Å². The van der Waals surface area contributed by atoms with Gasteiger partial charge in [-0.2, -0.15) is 0 Å². The predicted molar refractivity (Wildman–Crippen MR) is 110 cm³/mol. The van der Waals surface area contributed by atoms with E-state index in [4.69, 9.17) is 4.74 Å². The van der Waals surface area contributed by atoms with E-state index in [1.165, 1.54) is 24.8 Å². The van der Waals surface area contributed by atoms with E-state index >= 15 is 0 Å². The second-order valence-corrected chi connectivity index (χ2v) is 8.36. The van der Waals surface area contributed by atoms with Crippen LogP contribution in [0.25, 0.3) is 0 Å². The van der Waals surface area contributed by atoms with Crippen molar-refractivity contribution in [2.45, 2.75) is 70.8 Å². The molecular weight excluding hydrogens is 334 g/mol. The molecule has 148 valence electrons. The van der Waals surface area contributed by atoms with Crippen LogP contribution in [0.2, 0.25) is 0 Å². The fourth-order valence-corrected chi connectivity index (χ4v) is 4.48. The van der Waals surface area contributed by atoms with Gasteiger partial charge < -0.3 is 9.64 Å². The van der Waals surface area contributed by atoms with E-state index in [0.717, 1.165) is 58.2 Å². The summed E-state index contributed by atoms with van der Waals surface area (Å²) in [4.78, 5) is 14.8. The molecule has 2 aliphatic rings. The Morgan fingerprint density at radius 1 is 0.926 bits per heavy atom. The third kappa shape index (κ3) is 6.49. The minimum absolute atomic E-state index is 0.126. The summed E-state index contributed by atoms with van der Waals surface area (Å²) in [6.45, 7) is 3.23. The van der Waals surface area contributed by atoms with E-state index in [2.05, 4.69) is 41.3 Å². The van der Waals surface area contributed by atoms with Crippen molar-refractivity contribution in [3.05, 3.63) is 48.0 Å². The zero-order chi connectivity index (χ0) is 18.8. The van der Waals surface area contributed by atoms with Gasteiger partial charge in [0.05, 0.1) is 13.2 Å². The summed E-state index contributed by atoms with van der Waals surface area (Å²) in [7, 11) is 0. The van der Waals surface area contributed by atoms with Crippen molar-refractivity contribution >= 4 is 5.91 Å². The molecule has 2 bridgehead atoms. The second kappa shape index (κ2) is 10.7. The topological polar surface area (TPSA) is 29.5 Å². The van der Waals surface area contributed by atoms with Crippen molar-refractivity contribution in [1.29, 1.82) is 0 Å². The Kier molecular flexibility index (Phi) is 7.94. The highest BCUT2D eigenvalue weighted by atomic mass is 16.5. The highest BCUT2D eigenvalue weighted by molar-refractivity contribution is 5.76. The molecule has 3 nitrogen and oxygen atoms in total. The van der Waals surface area contributed by atoms with Gasteiger partial charge in [-0.15, -0.1) is 0 Å². The smallest absolute Gasteiger partial charge is 0.222 e. The van der Waals surface area contributed by atoms with Crippen LogP contribution in [0.4, 0.5) is 0 Å². The Morgan fingerprint density at radius 2 is 1.70 bits per heavy atom. The fourth-order valence-electron chi connectivity index (χ4n) is 4.48. The third-order valence-corrected chi connectivity index (χ3v) is 6.04. The van der Waals surface area contributed by atoms with E-state index in [1.54, 1.807) is 0 Å². The van der Waals surface area contributed by atoms with Crippen LogP contribution in [0.5, 0.6) is 0 Å². The molecule has 2 aliphatic heterocycles. The number of rotatable bonds is 4. The molecule has 27 heavy (non-hydrogen) atoms. The van der Waals surface area contributed by atoms with E-state index in [1.807, 2.05) is 6.07 Å². The SMILES string of the molecule is O=C1CCCCC/C=C\CCCC2(COCc3ccccc3)CCCN1C2. The maximum absolute atomic E-state index is 12.7. The van der Waals surface area contributed by atoms with Gasteiger partial charge in [0.1, 0.15) is 0 Å². The number of nitrogens with zero attached hydrogens (tertiary/aromatic N) is 1. The largest absolute Gasteiger partial charge is 0.376 e. The molecule has 0 N–H and O–H groups in total. The first-order chi connectivity index (χ1) is 13.3. The van der Waals surface area contributed by atoms with Crippen LogP contribution in [0, 0.1) is 5.41 Å². The van der Waals surface area contributed by atoms with Gasteiger partial charge in [-0.05, 0) is 56.9 Å². The maximum atomic E-state index is 12.7. The monoisotopic (exact) mass is 369 g/mol. The molecule has 1 aromatic carbocycles. The molecule has 2 heterocycles. The Balaban J connectivity index is 1.63. The van der Waals surface area contributed by atoms with Crippen LogP contribution in [0.15, 0.2) is 42.5 Å². The number of ether oxygens (including phenoxy) is 1. The molecule has 1 unspecified atom stereocenters. The van der Waals surface area contributed by atoms with Crippen LogP contribution >= 0.6 is 0 Å². The Morgan fingerprint density at radius 3 is 2.56 bits per heavy atom. The highest BCUT2D eigenvalue weighted by Crippen LogP contribution is 2.36. The lowest BCUT2D eigenvalue weighted by Gasteiger charge is -2.43. The highest BCUT2D eigenvalue weighted by Gasteiger charge is 2.36. The first-order valence-corrected chi connectivity index (χ1v) is 10.8. The number of fused-ring (bicyclic) bond motifs is 2. The molecule has 1 fully saturated rings. The van der Waals surface area contributed by atoms with Gasteiger partial charge in [-0.1, -0.05) is 48.9 Å². The fraction of sp³-hybridized carbons (Fsp3) is 0.625. The summed E-state index contributed by atoms with van der Waals surface area (Å²) in [5.74, 6) is 0.356. The van der Waals surface area contributed by atoms with E-state index in [9.17, 15) is 4.79 Å². The standard InChI is InChI=1S/C24H35NO2/c26-23-15-10-5-3-1-2-4-6-11-16-24(17-12-18-25(23)20-24)21-27-19-22-13-8-7-9-14-22/h2,4,7-9,13-14H,1,3,5-6,10-12,15-21H2/b4-2-. The number of amides is 1. The Hall–Kier alpha value is -1.61. The third-order valence-electron chi connectivity index (χ3n) is 6.04. The van der Waals surface area contributed by atoms with Crippen LogP contribution < -0.4 is 0 Å². The molecular formula is C24H35NO2. The second-order valence-electron chi connectivity index (χ2n) is 8.36. The molecule has 0 saturated carbocycles. The van der Waals surface area contributed by atoms with E-state index < -0.39 is 0 Å². The first-order valence-electron chi connectivity index (χ1n) is 10.8. The summed E-state index contributed by atoms with van der Waals surface area (Å²) in [6.07, 6.45) is 15.7. The van der Waals surface area contributed by atoms with E-state index in [-0.39, 0.29) is 5.41 Å². The minimum Gasteiger partial charge on any atom is -0.376 e. The van der Waals surface area contributed by atoms with Gasteiger partial charge in [-0.25, -0.2) is 0 Å². The molecule has 0 aromatic heterocycles. The number of allylic oxidation sites excluding steroid dienone is 2. The molecule has 3 rings (SSSR count). The summed E-state index contributed by atoms with van der Waals surface area (Å²) >= 11 is 0. The van der Waals surface area contributed by atoms with Gasteiger partial charge in [0.25, 0.3) is 0 Å². The molecule has 3 heteroatoms. The van der Waals surface area contributed by atoms with Crippen LogP contribution in [0.3, 0.4) is 0 Å². The number of carbonyl (C=O) groups is 1. The maximum Gasteiger partial charge on any atom is 0.222 e. The van der Waals surface area contributed by atoms with Crippen molar-refractivity contribution < 1.29 is 9.53 Å². The minimum atomic E-state index is 0.126. The zero-order valence-corrected chi connectivity index (χ0v) is 16.7. The van der Waals surface area contributed by atoms with Gasteiger partial charge in [0.2, 0.25) is 5.91 Å². The van der Waals surface area contributed by atoms with Crippen molar-refractivity contribution in [3.8, 4) is 0 Å². The Bertz CT molecular complexity index is 598. The normalized spacial score (nSPS) is 26.4. The molecule has 0 spiro atoms. The number of hydrogen-bond acceptors (Lipinski definition) is 2. The van der Waals surface area contributed by atoms with Gasteiger partial charge >= 0.3 is 0 Å². The van der Waals surface area contributed by atoms with Crippen molar-refractivity contribution in [3.63, 3.8) is 0 Å². The van der Waals surface area contributed by atoms with Gasteiger partial charge in [0.15, 0.2) is 0 Å². The summed E-state index contributed by atoms with van der Waals surface area (Å²) in [6, 6.07) is 10.4. The lowest BCUT2D eigenvalue weighted by molar-refractivity contribution is -0.136. The molecule has 1 saturated heterocycles. The number of carbonyl (C=O) groups excluding carboxylic acids is 1. The molecule has 1 aromatic rings. The molecule has 0 radical (unpaired) electrons. The average Bonchev–Trinajstić information content (AvgIpc) is 2.70. The van der Waals surface area contributed by atoms with E-state index in [0.29, 0.717) is 18.9 Å². The Labute approximate surface area is 164 Å². The van der Waals surface area contributed by atoms with Crippen LogP contribution in [-0.4, -0.2) is 30.5 Å². The molecule has 1 amide bonds. The zero-order valence-electron chi connectivity index (χ0n) is 16.7. The lowest BCUT2D eigenvalue weighted by Crippen LogP contribution is -2.48. The van der Waals surface area contributed by atoms with Crippen molar-refractivity contribution in [1.82, 2.24) is 4.90 Å². The average molecular weight is 370 g/mol. The number of benzene rings is 1. The van der Waals surface area contributed by atoms with Crippen LogP contribution in [0.1, 0.15) is 69.8 Å². The predicted octanol–water partition coefficient (Wildman–Crippen LogP) is 5.50. The van der Waals surface area contributed by atoms with Crippen molar-refractivity contribution in [2.75, 3.05) is 19.7 Å². The summed E-state index contributed by atoms with van der Waals surface area (Å²) < 4.78 is 6.18. The van der Waals surface area contributed by atoms with Gasteiger partial charge in [0, 0.05) is 24.9 Å². The number of piperidine rings is 1. The quantitative estimate of drug-likeness (QED) is 0.656. The number of hydrogen-bond donors (Lipinski definition) is 0. The lowest BCUT2D eigenvalue weighted by atomic mass is 9.76. The molecule has 1 atom stereocenters. The first kappa shape index (κ1) is 20.1. The summed E-state index contributed by atoms with van der Waals surface area (Å²) in [5.41, 5.74) is 1.35. The summed E-state index contributed by atoms with van der Waals surface area (Å²) in [5, 5.41) is 0.